The van der Waals surface area contributed by atoms with E-state index in [0.29, 0.717) is 28.5 Å². The average molecular weight is 533 g/mol. The van der Waals surface area contributed by atoms with Crippen molar-refractivity contribution in [3.8, 4) is 0 Å². The van der Waals surface area contributed by atoms with Crippen molar-refractivity contribution in [3.05, 3.63) is 94.5 Å². The molecule has 1 heterocycles. The van der Waals surface area contributed by atoms with Crippen LogP contribution in [0.15, 0.2) is 77.8 Å². The normalized spacial score (nSPS) is 14.6. The van der Waals surface area contributed by atoms with Crippen LogP contribution in [0.5, 0.6) is 0 Å². The molecule has 0 spiro atoms. The van der Waals surface area contributed by atoms with Crippen molar-refractivity contribution in [2.45, 2.75) is 65.5 Å². The molecule has 0 fully saturated rings. The minimum atomic E-state index is -0.523. The van der Waals surface area contributed by atoms with Gasteiger partial charge in [-0.3, -0.25) is 9.79 Å². The molecule has 3 aromatic carbocycles. The van der Waals surface area contributed by atoms with E-state index in [9.17, 15) is 9.59 Å². The molecule has 0 aromatic heterocycles. The van der Waals surface area contributed by atoms with Crippen molar-refractivity contribution in [3.63, 3.8) is 0 Å². The first-order chi connectivity index (χ1) is 18.2. The van der Waals surface area contributed by atoms with Gasteiger partial charge in [0.2, 0.25) is 5.91 Å². The maximum atomic E-state index is 13.1. The van der Waals surface area contributed by atoms with E-state index in [1.165, 1.54) is 5.56 Å². The maximum absolute atomic E-state index is 13.1. The Hall–Kier alpha value is -3.64. The fourth-order valence-electron chi connectivity index (χ4n) is 4.11. The number of carbonyl (C=O) groups is 2. The Kier molecular flexibility index (Phi) is 10.1. The summed E-state index contributed by atoms with van der Waals surface area (Å²) in [7, 11) is 0. The van der Waals surface area contributed by atoms with E-state index in [1.54, 1.807) is 6.07 Å². The molecule has 4 rings (SSSR count). The molecule has 0 bridgehead atoms. The molecule has 1 aliphatic heterocycles. The van der Waals surface area contributed by atoms with E-state index >= 15 is 0 Å². The van der Waals surface area contributed by atoms with Crippen LogP contribution in [-0.4, -0.2) is 29.2 Å². The average Bonchev–Trinajstić information content (AvgIpc) is 3.01. The number of benzodiazepines with no additional fused rings is 1. The number of benzene rings is 3. The third-order valence-electron chi connectivity index (χ3n) is 5.77. The molecule has 1 atom stereocenters. The SMILES string of the molecule is CC.CC(C)(C)NC(=O)Nc1ccc(C2=NC(CCCc3ccccc3)C(=O)Nc3ccc(Cl)cc32)cc1. The van der Waals surface area contributed by atoms with Gasteiger partial charge in [0, 0.05) is 27.4 Å². The lowest BCUT2D eigenvalue weighted by molar-refractivity contribution is -0.117. The summed E-state index contributed by atoms with van der Waals surface area (Å²) in [6.45, 7) is 9.77. The van der Waals surface area contributed by atoms with Crippen LogP contribution in [0.25, 0.3) is 0 Å². The van der Waals surface area contributed by atoms with E-state index in [2.05, 4.69) is 28.1 Å². The van der Waals surface area contributed by atoms with Crippen LogP contribution in [0.1, 0.15) is 64.2 Å². The van der Waals surface area contributed by atoms with Gasteiger partial charge in [-0.05, 0) is 75.9 Å². The molecule has 38 heavy (non-hydrogen) atoms. The molecule has 0 radical (unpaired) electrons. The smallest absolute Gasteiger partial charge is 0.319 e. The van der Waals surface area contributed by atoms with Crippen molar-refractivity contribution in [1.82, 2.24) is 5.32 Å². The largest absolute Gasteiger partial charge is 0.333 e. The summed E-state index contributed by atoms with van der Waals surface area (Å²) < 4.78 is 0. The Balaban J connectivity index is 0.00000195. The first-order valence-electron chi connectivity index (χ1n) is 13.1. The zero-order chi connectivity index (χ0) is 27.7. The van der Waals surface area contributed by atoms with E-state index in [0.717, 1.165) is 24.0 Å². The predicted octanol–water partition coefficient (Wildman–Crippen LogP) is 7.47. The van der Waals surface area contributed by atoms with Crippen LogP contribution in [0.4, 0.5) is 16.2 Å². The second-order valence-electron chi connectivity index (χ2n) is 9.96. The van der Waals surface area contributed by atoms with Crippen LogP contribution in [0, 0.1) is 0 Å². The Bertz CT molecular complexity index is 1270. The van der Waals surface area contributed by atoms with Gasteiger partial charge >= 0.3 is 6.03 Å². The second-order valence-corrected chi connectivity index (χ2v) is 10.4. The van der Waals surface area contributed by atoms with Crippen LogP contribution < -0.4 is 16.0 Å². The number of nitrogens with one attached hydrogen (secondary N) is 3. The highest BCUT2D eigenvalue weighted by atomic mass is 35.5. The molecule has 3 aromatic rings. The van der Waals surface area contributed by atoms with Crippen molar-refractivity contribution in [1.29, 1.82) is 0 Å². The van der Waals surface area contributed by atoms with Gasteiger partial charge in [0.15, 0.2) is 0 Å². The van der Waals surface area contributed by atoms with Gasteiger partial charge in [0.1, 0.15) is 6.04 Å². The molecule has 3 N–H and O–H groups in total. The summed E-state index contributed by atoms with van der Waals surface area (Å²) in [5, 5.41) is 9.33. The van der Waals surface area contributed by atoms with Gasteiger partial charge in [-0.2, -0.15) is 0 Å². The molecule has 3 amide bonds. The topological polar surface area (TPSA) is 82.6 Å². The fraction of sp³-hybridized carbons (Fsp3) is 0.323. The quantitative estimate of drug-likeness (QED) is 0.308. The van der Waals surface area contributed by atoms with Crippen molar-refractivity contribution in [2.75, 3.05) is 10.6 Å². The van der Waals surface area contributed by atoms with Crippen molar-refractivity contribution < 1.29 is 9.59 Å². The van der Waals surface area contributed by atoms with Crippen LogP contribution >= 0.6 is 11.6 Å². The Morgan fingerprint density at radius 2 is 1.68 bits per heavy atom. The predicted molar refractivity (Wildman–Crippen MR) is 159 cm³/mol. The van der Waals surface area contributed by atoms with Gasteiger partial charge in [-0.25, -0.2) is 4.79 Å². The summed E-state index contributed by atoms with van der Waals surface area (Å²) in [6.07, 6.45) is 2.34. The number of hydrogen-bond acceptors (Lipinski definition) is 3. The number of urea groups is 1. The molecule has 0 saturated carbocycles. The lowest BCUT2D eigenvalue weighted by Crippen LogP contribution is -2.43. The zero-order valence-corrected chi connectivity index (χ0v) is 23.5. The van der Waals surface area contributed by atoms with Gasteiger partial charge < -0.3 is 16.0 Å². The van der Waals surface area contributed by atoms with E-state index in [1.807, 2.05) is 89.2 Å². The Morgan fingerprint density at radius 1 is 1.00 bits per heavy atom. The first-order valence-corrected chi connectivity index (χ1v) is 13.5. The lowest BCUT2D eigenvalue weighted by Gasteiger charge is -2.20. The number of halogens is 1. The summed E-state index contributed by atoms with van der Waals surface area (Å²) in [5.74, 6) is -0.126. The van der Waals surface area contributed by atoms with Crippen molar-refractivity contribution >= 4 is 40.6 Å². The van der Waals surface area contributed by atoms with Crippen LogP contribution in [0.3, 0.4) is 0 Å². The standard InChI is InChI=1S/C29H31ClN4O2.C2H6/c1-29(2,3)34-28(36)31-22-15-12-20(13-16-22)26-23-18-21(30)14-17-24(23)33-27(35)25(32-26)11-7-10-19-8-5-4-6-9-19;1-2/h4-6,8-9,12-18,25H,7,10-11H2,1-3H3,(H,33,35)(H2,31,34,36);1-2H3. The Morgan fingerprint density at radius 3 is 2.34 bits per heavy atom. The molecule has 200 valence electrons. The van der Waals surface area contributed by atoms with Crippen LogP contribution in [-0.2, 0) is 11.2 Å². The molecule has 0 saturated heterocycles. The summed E-state index contributed by atoms with van der Waals surface area (Å²) in [4.78, 5) is 30.2. The minimum absolute atomic E-state index is 0.126. The van der Waals surface area contributed by atoms with E-state index < -0.39 is 6.04 Å². The molecule has 0 aliphatic carbocycles. The first kappa shape index (κ1) is 28.9. The lowest BCUT2D eigenvalue weighted by atomic mass is 10.00. The molecule has 6 nitrogen and oxygen atoms in total. The summed E-state index contributed by atoms with van der Waals surface area (Å²) >= 11 is 6.32. The number of rotatable bonds is 6. The summed E-state index contributed by atoms with van der Waals surface area (Å²) in [6, 6.07) is 22.3. The molecule has 1 aliphatic rings. The van der Waals surface area contributed by atoms with Gasteiger partial charge in [0.25, 0.3) is 0 Å². The van der Waals surface area contributed by atoms with Gasteiger partial charge in [-0.15, -0.1) is 0 Å². The number of anilines is 2. The number of nitrogens with zero attached hydrogens (tertiary/aromatic N) is 1. The number of carbonyl (C=O) groups excluding carboxylic acids is 2. The minimum Gasteiger partial charge on any atom is -0.333 e. The highest BCUT2D eigenvalue weighted by molar-refractivity contribution is 6.32. The third-order valence-corrected chi connectivity index (χ3v) is 6.01. The number of amides is 3. The monoisotopic (exact) mass is 532 g/mol. The van der Waals surface area contributed by atoms with Crippen molar-refractivity contribution in [2.24, 2.45) is 4.99 Å². The molecular formula is C31H37ClN4O2. The van der Waals surface area contributed by atoms with Gasteiger partial charge in [-0.1, -0.05) is 67.9 Å². The number of hydrogen-bond donors (Lipinski definition) is 3. The van der Waals surface area contributed by atoms with Gasteiger partial charge in [0.05, 0.1) is 11.4 Å². The number of fused-ring (bicyclic) bond motifs is 1. The Labute approximate surface area is 230 Å². The van der Waals surface area contributed by atoms with Crippen LogP contribution in [0.2, 0.25) is 5.02 Å². The zero-order valence-electron chi connectivity index (χ0n) is 22.8. The third kappa shape index (κ3) is 8.18. The molecular weight excluding hydrogens is 496 g/mol. The highest BCUT2D eigenvalue weighted by Crippen LogP contribution is 2.29. The second kappa shape index (κ2) is 13.2. The molecule has 1 unspecified atom stereocenters. The number of aryl methyl sites for hydroxylation is 1. The molecule has 7 heteroatoms. The fourth-order valence-corrected chi connectivity index (χ4v) is 4.28. The van der Waals surface area contributed by atoms with E-state index in [4.69, 9.17) is 16.6 Å². The number of aliphatic imine (C=N–C) groups is 1. The summed E-state index contributed by atoms with van der Waals surface area (Å²) in [5.41, 5.74) is 4.55. The maximum Gasteiger partial charge on any atom is 0.319 e. The highest BCUT2D eigenvalue weighted by Gasteiger charge is 2.26. The van der Waals surface area contributed by atoms with E-state index in [-0.39, 0.29) is 17.5 Å².